The molecule has 0 fully saturated rings. The molecule has 0 spiro atoms. The van der Waals surface area contributed by atoms with Gasteiger partial charge >= 0.3 is 12.4 Å². The zero-order chi connectivity index (χ0) is 23.8. The van der Waals surface area contributed by atoms with Crippen molar-refractivity contribution in [1.29, 1.82) is 0 Å². The third-order valence-corrected chi connectivity index (χ3v) is 5.04. The van der Waals surface area contributed by atoms with Gasteiger partial charge in [0.15, 0.2) is 24.4 Å². The van der Waals surface area contributed by atoms with Gasteiger partial charge in [-0.15, -0.1) is 0 Å². The molecule has 2 aromatic carbocycles. The number of benzene rings is 2. The summed E-state index contributed by atoms with van der Waals surface area (Å²) in [4.78, 5) is 0. The third kappa shape index (κ3) is 4.87. The highest BCUT2D eigenvalue weighted by atomic mass is 19.4. The summed E-state index contributed by atoms with van der Waals surface area (Å²) in [6.07, 6.45) is -3.01. The van der Waals surface area contributed by atoms with Gasteiger partial charge in [0.25, 0.3) is 0 Å². The van der Waals surface area contributed by atoms with Crippen molar-refractivity contribution in [3.05, 3.63) is 108 Å². The van der Waals surface area contributed by atoms with Gasteiger partial charge in [-0.05, 0) is 29.8 Å². The molecule has 0 N–H and O–H groups in total. The Morgan fingerprint density at radius 1 is 0.515 bits per heavy atom. The normalized spacial score (nSPS) is 12.1. The first-order valence-electron chi connectivity index (χ1n) is 9.60. The maximum atomic E-state index is 14.8. The lowest BCUT2D eigenvalue weighted by Gasteiger charge is -2.06. The Labute approximate surface area is 183 Å². The van der Waals surface area contributed by atoms with Crippen molar-refractivity contribution < 1.29 is 39.9 Å². The molecule has 2 aromatic heterocycles. The first-order valence-corrected chi connectivity index (χ1v) is 9.60. The molecule has 0 saturated heterocycles. The van der Waals surface area contributed by atoms with Crippen LogP contribution in [0.2, 0.25) is 0 Å². The molecule has 168 valence electrons. The Balaban J connectivity index is 1.56. The molecule has 0 aliphatic rings. The molecule has 0 bridgehead atoms. The van der Waals surface area contributed by atoms with Gasteiger partial charge in [0.1, 0.15) is 0 Å². The second-order valence-corrected chi connectivity index (χ2v) is 7.20. The highest BCUT2D eigenvalue weighted by Crippen LogP contribution is 2.30. The monoisotopic (exact) mass is 464 g/mol. The molecule has 2 nitrogen and oxygen atoms in total. The smallest absolute Gasteiger partial charge is 0.200 e. The van der Waals surface area contributed by atoms with Crippen molar-refractivity contribution in [2.24, 2.45) is 0 Å². The summed E-state index contributed by atoms with van der Waals surface area (Å²) >= 11 is 0. The Kier molecular flexibility index (Phi) is 5.65. The van der Waals surface area contributed by atoms with E-state index in [1.54, 1.807) is 29.1 Å². The minimum atomic E-state index is -4.46. The van der Waals surface area contributed by atoms with Crippen LogP contribution in [-0.4, -0.2) is 0 Å². The fraction of sp³-hybridized carbons (Fsp3) is 0.0833. The molecule has 0 amide bonds. The molecule has 4 aromatic rings. The summed E-state index contributed by atoms with van der Waals surface area (Å²) in [6.45, 7) is 0. The molecular weight excluding hydrogens is 449 g/mol. The number of nitrogens with zero attached hydrogens (tertiary/aromatic N) is 2. The van der Waals surface area contributed by atoms with Crippen molar-refractivity contribution in [2.45, 2.75) is 12.4 Å². The quantitative estimate of drug-likeness (QED) is 0.256. The maximum Gasteiger partial charge on any atom is 0.416 e. The van der Waals surface area contributed by atoms with Crippen LogP contribution in [0.1, 0.15) is 11.1 Å². The van der Waals surface area contributed by atoms with Gasteiger partial charge in [-0.3, -0.25) is 0 Å². The minimum Gasteiger partial charge on any atom is -0.200 e. The van der Waals surface area contributed by atoms with Gasteiger partial charge < -0.3 is 0 Å². The molecular formula is C24H15F7N2+2. The van der Waals surface area contributed by atoms with E-state index in [9.17, 15) is 30.7 Å². The zero-order valence-electron chi connectivity index (χ0n) is 16.7. The van der Waals surface area contributed by atoms with Crippen molar-refractivity contribution in [2.75, 3.05) is 0 Å². The number of hydrogen-bond donors (Lipinski definition) is 0. The van der Waals surface area contributed by atoms with Crippen molar-refractivity contribution >= 4 is 0 Å². The number of hydrogen-bond acceptors (Lipinski definition) is 0. The molecule has 0 saturated carbocycles. The van der Waals surface area contributed by atoms with Crippen LogP contribution >= 0.6 is 0 Å². The zero-order valence-corrected chi connectivity index (χ0v) is 16.7. The molecule has 2 heterocycles. The average molecular weight is 464 g/mol. The summed E-state index contributed by atoms with van der Waals surface area (Å²) < 4.78 is 94.0. The predicted molar refractivity (Wildman–Crippen MR) is 105 cm³/mol. The standard InChI is InChI=1S/C24H15F7N2/c25-22-15-33(20-7-3-18(4-8-20)24(29,30)31)14-11-21(22)16-9-12-32(13-10-16)19-5-1-17(2-6-19)23(26,27)28/h1-15H/q+2. The summed E-state index contributed by atoms with van der Waals surface area (Å²) in [5, 5.41) is 0. The fourth-order valence-corrected chi connectivity index (χ4v) is 3.29. The number of alkyl halides is 6. The first kappa shape index (κ1) is 22.4. The lowest BCUT2D eigenvalue weighted by atomic mass is 10.1. The number of aromatic nitrogens is 2. The first-order chi connectivity index (χ1) is 15.5. The minimum absolute atomic E-state index is 0.262. The summed E-state index contributed by atoms with van der Waals surface area (Å²) in [5.74, 6) is -0.593. The second-order valence-electron chi connectivity index (χ2n) is 7.20. The molecule has 0 aliphatic carbocycles. The van der Waals surface area contributed by atoms with E-state index in [4.69, 9.17) is 0 Å². The topological polar surface area (TPSA) is 7.76 Å². The number of pyridine rings is 2. The van der Waals surface area contributed by atoms with E-state index in [1.165, 1.54) is 41.1 Å². The molecule has 0 atom stereocenters. The maximum absolute atomic E-state index is 14.8. The molecule has 9 heteroatoms. The Hall–Kier alpha value is -3.75. The van der Waals surface area contributed by atoms with Crippen molar-refractivity contribution in [3.63, 3.8) is 0 Å². The van der Waals surface area contributed by atoms with Crippen LogP contribution in [-0.2, 0) is 12.4 Å². The molecule has 0 aliphatic heterocycles. The summed E-state index contributed by atoms with van der Waals surface area (Å²) in [6, 6.07) is 13.7. The van der Waals surface area contributed by atoms with Crippen LogP contribution in [0.15, 0.2) is 91.5 Å². The Morgan fingerprint density at radius 3 is 1.36 bits per heavy atom. The van der Waals surface area contributed by atoms with E-state index in [-0.39, 0.29) is 5.56 Å². The molecule has 0 radical (unpaired) electrons. The highest BCUT2D eigenvalue weighted by Gasteiger charge is 2.31. The van der Waals surface area contributed by atoms with Crippen LogP contribution in [0.5, 0.6) is 0 Å². The van der Waals surface area contributed by atoms with E-state index < -0.39 is 29.3 Å². The van der Waals surface area contributed by atoms with E-state index in [0.717, 1.165) is 30.5 Å². The van der Waals surface area contributed by atoms with E-state index >= 15 is 0 Å². The lowest BCUT2D eigenvalue weighted by Crippen LogP contribution is -2.30. The van der Waals surface area contributed by atoms with Crippen LogP contribution in [0.3, 0.4) is 0 Å². The third-order valence-electron chi connectivity index (χ3n) is 5.04. The molecule has 4 rings (SSSR count). The lowest BCUT2D eigenvalue weighted by molar-refractivity contribution is -0.597. The van der Waals surface area contributed by atoms with Gasteiger partial charge in [0, 0.05) is 48.0 Å². The van der Waals surface area contributed by atoms with Crippen molar-refractivity contribution in [3.8, 4) is 22.5 Å². The second kappa shape index (κ2) is 8.31. The predicted octanol–water partition coefficient (Wildman–Crippen LogP) is 6.08. The number of halogens is 7. The van der Waals surface area contributed by atoms with Gasteiger partial charge in [-0.25, -0.2) is 0 Å². The van der Waals surface area contributed by atoms with Crippen LogP contribution in [0, 0.1) is 5.82 Å². The van der Waals surface area contributed by atoms with Gasteiger partial charge in [-0.1, -0.05) is 0 Å². The average Bonchev–Trinajstić information content (AvgIpc) is 2.78. The Bertz CT molecular complexity index is 1260. The summed E-state index contributed by atoms with van der Waals surface area (Å²) in [7, 11) is 0. The number of rotatable bonds is 3. The molecule has 33 heavy (non-hydrogen) atoms. The fourth-order valence-electron chi connectivity index (χ4n) is 3.29. The van der Waals surface area contributed by atoms with E-state index in [1.807, 2.05) is 0 Å². The largest absolute Gasteiger partial charge is 0.416 e. The van der Waals surface area contributed by atoms with E-state index in [0.29, 0.717) is 16.9 Å². The van der Waals surface area contributed by atoms with Gasteiger partial charge in [0.2, 0.25) is 17.6 Å². The van der Waals surface area contributed by atoms with Gasteiger partial charge in [-0.2, -0.15) is 39.9 Å². The van der Waals surface area contributed by atoms with Crippen LogP contribution in [0.4, 0.5) is 30.7 Å². The van der Waals surface area contributed by atoms with Gasteiger partial charge in [0.05, 0.1) is 11.1 Å². The highest BCUT2D eigenvalue weighted by molar-refractivity contribution is 5.62. The van der Waals surface area contributed by atoms with Crippen molar-refractivity contribution in [1.82, 2.24) is 0 Å². The summed E-state index contributed by atoms with van der Waals surface area (Å²) in [5.41, 5.74) is 0.101. The SMILES string of the molecule is Fc1c[n+](-c2ccc(C(F)(F)F)cc2)ccc1-c1cc[n+](-c2ccc(C(F)(F)F)cc2)cc1. The van der Waals surface area contributed by atoms with Crippen LogP contribution in [0.25, 0.3) is 22.5 Å². The van der Waals surface area contributed by atoms with E-state index in [2.05, 4.69) is 0 Å². The molecule has 0 unspecified atom stereocenters. The Morgan fingerprint density at radius 2 is 0.939 bits per heavy atom. The van der Waals surface area contributed by atoms with Crippen LogP contribution < -0.4 is 9.13 Å².